The Hall–Kier alpha value is -1.75. The smallest absolute Gasteiger partial charge is 0.339 e. The number of nitrogens with zero attached hydrogens (tertiary/aromatic N) is 1. The number of carbonyl (C=O) groups is 1. The van der Waals surface area contributed by atoms with E-state index in [4.69, 9.17) is 14.6 Å². The minimum absolute atomic E-state index is 0.128. The highest BCUT2D eigenvalue weighted by Crippen LogP contribution is 2.24. The molecule has 1 aromatic rings. The average Bonchev–Trinajstić information content (AvgIpc) is 2.48. The van der Waals surface area contributed by atoms with Gasteiger partial charge < -0.3 is 14.6 Å². The molecular weight excluding hydrogens is 258 g/mol. The first-order valence-corrected chi connectivity index (χ1v) is 6.97. The summed E-state index contributed by atoms with van der Waals surface area (Å²) >= 11 is 0. The number of aromatic carboxylic acids is 1. The van der Waals surface area contributed by atoms with Gasteiger partial charge in [-0.25, -0.2) is 4.79 Å². The van der Waals surface area contributed by atoms with Crippen molar-refractivity contribution < 1.29 is 19.4 Å². The fourth-order valence-electron chi connectivity index (χ4n) is 2.42. The van der Waals surface area contributed by atoms with E-state index in [0.29, 0.717) is 18.1 Å². The van der Waals surface area contributed by atoms with Gasteiger partial charge in [0.25, 0.3) is 0 Å². The molecule has 0 amide bonds. The number of carboxylic acid groups (broad SMARTS) is 1. The largest absolute Gasteiger partial charge is 0.496 e. The Bertz CT molecular complexity index is 455. The quantitative estimate of drug-likeness (QED) is 0.865. The van der Waals surface area contributed by atoms with Gasteiger partial charge in [0.2, 0.25) is 0 Å². The molecule has 0 unspecified atom stereocenters. The van der Waals surface area contributed by atoms with E-state index in [1.807, 2.05) is 0 Å². The van der Waals surface area contributed by atoms with Crippen molar-refractivity contribution in [2.24, 2.45) is 0 Å². The number of rotatable bonds is 6. The first-order valence-electron chi connectivity index (χ1n) is 6.97. The van der Waals surface area contributed by atoms with E-state index < -0.39 is 5.97 Å². The maximum atomic E-state index is 11.1. The molecule has 1 saturated heterocycles. The molecule has 1 aromatic carbocycles. The van der Waals surface area contributed by atoms with Crippen molar-refractivity contribution >= 4 is 5.97 Å². The highest BCUT2D eigenvalue weighted by Gasteiger charge is 2.13. The lowest BCUT2D eigenvalue weighted by Crippen LogP contribution is -2.33. The summed E-state index contributed by atoms with van der Waals surface area (Å²) in [5.41, 5.74) is 0.128. The zero-order valence-electron chi connectivity index (χ0n) is 11.8. The zero-order chi connectivity index (χ0) is 14.4. The molecule has 5 nitrogen and oxygen atoms in total. The Morgan fingerprint density at radius 1 is 1.30 bits per heavy atom. The van der Waals surface area contributed by atoms with Crippen LogP contribution in [-0.2, 0) is 0 Å². The van der Waals surface area contributed by atoms with Gasteiger partial charge in [0.05, 0.1) is 7.11 Å². The van der Waals surface area contributed by atoms with Crippen LogP contribution in [0.2, 0.25) is 0 Å². The summed E-state index contributed by atoms with van der Waals surface area (Å²) in [5, 5.41) is 9.11. The standard InChI is InChI=1S/C15H21NO4/c1-19-14-6-5-12(11-13(14)15(17)18)20-10-9-16-7-3-2-4-8-16/h5-6,11H,2-4,7-10H2,1H3,(H,17,18). The molecule has 20 heavy (non-hydrogen) atoms. The second kappa shape index (κ2) is 7.14. The summed E-state index contributed by atoms with van der Waals surface area (Å²) in [5.74, 6) is -0.0931. The minimum Gasteiger partial charge on any atom is -0.496 e. The molecule has 1 N–H and O–H groups in total. The molecular formula is C15H21NO4. The van der Waals surface area contributed by atoms with E-state index >= 15 is 0 Å². The Morgan fingerprint density at radius 2 is 2.05 bits per heavy atom. The van der Waals surface area contributed by atoms with E-state index in [1.165, 1.54) is 32.4 Å². The van der Waals surface area contributed by atoms with Crippen LogP contribution in [0.3, 0.4) is 0 Å². The minimum atomic E-state index is -1.01. The first kappa shape index (κ1) is 14.7. The van der Waals surface area contributed by atoms with E-state index in [0.717, 1.165) is 19.6 Å². The molecule has 1 fully saturated rings. The molecule has 0 saturated carbocycles. The van der Waals surface area contributed by atoms with Crippen LogP contribution in [0, 0.1) is 0 Å². The van der Waals surface area contributed by atoms with Gasteiger partial charge in [0.1, 0.15) is 23.7 Å². The number of hydrogen-bond acceptors (Lipinski definition) is 4. The van der Waals surface area contributed by atoms with Crippen LogP contribution in [0.5, 0.6) is 11.5 Å². The highest BCUT2D eigenvalue weighted by atomic mass is 16.5. The van der Waals surface area contributed by atoms with Crippen molar-refractivity contribution in [3.8, 4) is 11.5 Å². The van der Waals surface area contributed by atoms with Crippen molar-refractivity contribution in [2.75, 3.05) is 33.4 Å². The van der Waals surface area contributed by atoms with Crippen LogP contribution in [0.25, 0.3) is 0 Å². The number of piperidine rings is 1. The Kier molecular flexibility index (Phi) is 5.24. The van der Waals surface area contributed by atoms with Gasteiger partial charge in [-0.1, -0.05) is 6.42 Å². The third-order valence-corrected chi connectivity index (χ3v) is 3.53. The third-order valence-electron chi connectivity index (χ3n) is 3.53. The van der Waals surface area contributed by atoms with Crippen molar-refractivity contribution in [2.45, 2.75) is 19.3 Å². The fraction of sp³-hybridized carbons (Fsp3) is 0.533. The second-order valence-corrected chi connectivity index (χ2v) is 4.92. The second-order valence-electron chi connectivity index (χ2n) is 4.92. The Balaban J connectivity index is 1.89. The van der Waals surface area contributed by atoms with E-state index in [-0.39, 0.29) is 5.56 Å². The van der Waals surface area contributed by atoms with Gasteiger partial charge in [-0.15, -0.1) is 0 Å². The lowest BCUT2D eigenvalue weighted by atomic mass is 10.1. The van der Waals surface area contributed by atoms with Crippen molar-refractivity contribution in [1.82, 2.24) is 4.90 Å². The number of ether oxygens (including phenoxy) is 2. The summed E-state index contributed by atoms with van der Waals surface area (Å²) in [6.45, 7) is 3.72. The predicted octanol–water partition coefficient (Wildman–Crippen LogP) is 2.26. The predicted molar refractivity (Wildman–Crippen MR) is 75.7 cm³/mol. The maximum absolute atomic E-state index is 11.1. The van der Waals surface area contributed by atoms with Gasteiger partial charge >= 0.3 is 5.97 Å². The zero-order valence-corrected chi connectivity index (χ0v) is 11.8. The lowest BCUT2D eigenvalue weighted by Gasteiger charge is -2.26. The van der Waals surface area contributed by atoms with E-state index in [2.05, 4.69) is 4.90 Å². The molecule has 5 heteroatoms. The SMILES string of the molecule is COc1ccc(OCCN2CCCCC2)cc1C(=O)O. The van der Waals surface area contributed by atoms with Gasteiger partial charge in [0.15, 0.2) is 0 Å². The molecule has 1 aliphatic rings. The first-order chi connectivity index (χ1) is 9.70. The monoisotopic (exact) mass is 279 g/mol. The normalized spacial score (nSPS) is 15.8. The number of carboxylic acids is 1. The van der Waals surface area contributed by atoms with Gasteiger partial charge in [-0.05, 0) is 44.1 Å². The topological polar surface area (TPSA) is 59.0 Å². The molecule has 0 bridgehead atoms. The van der Waals surface area contributed by atoms with Crippen LogP contribution in [-0.4, -0.2) is 49.3 Å². The van der Waals surface area contributed by atoms with Crippen LogP contribution in [0.1, 0.15) is 29.6 Å². The fourth-order valence-corrected chi connectivity index (χ4v) is 2.42. The summed E-state index contributed by atoms with van der Waals surface area (Å²) in [6.07, 6.45) is 3.83. The highest BCUT2D eigenvalue weighted by molar-refractivity contribution is 5.91. The summed E-state index contributed by atoms with van der Waals surface area (Å²) in [4.78, 5) is 13.5. The molecule has 0 aromatic heterocycles. The third kappa shape index (κ3) is 3.87. The molecule has 1 heterocycles. The number of hydrogen-bond donors (Lipinski definition) is 1. The molecule has 0 radical (unpaired) electrons. The van der Waals surface area contributed by atoms with Crippen LogP contribution < -0.4 is 9.47 Å². The summed E-state index contributed by atoms with van der Waals surface area (Å²) in [6, 6.07) is 4.87. The number of methoxy groups -OCH3 is 1. The molecule has 0 aliphatic carbocycles. The molecule has 1 aliphatic heterocycles. The lowest BCUT2D eigenvalue weighted by molar-refractivity contribution is 0.0692. The molecule has 0 atom stereocenters. The summed E-state index contributed by atoms with van der Waals surface area (Å²) < 4.78 is 10.7. The maximum Gasteiger partial charge on any atom is 0.339 e. The van der Waals surface area contributed by atoms with Gasteiger partial charge in [-0.2, -0.15) is 0 Å². The van der Waals surface area contributed by atoms with E-state index in [9.17, 15) is 4.79 Å². The number of likely N-dealkylation sites (tertiary alicyclic amines) is 1. The number of benzene rings is 1. The molecule has 2 rings (SSSR count). The van der Waals surface area contributed by atoms with Crippen molar-refractivity contribution in [1.29, 1.82) is 0 Å². The Morgan fingerprint density at radius 3 is 2.70 bits per heavy atom. The Labute approximate surface area is 119 Å². The van der Waals surface area contributed by atoms with Crippen LogP contribution >= 0.6 is 0 Å². The van der Waals surface area contributed by atoms with Crippen molar-refractivity contribution in [3.05, 3.63) is 23.8 Å². The van der Waals surface area contributed by atoms with Crippen LogP contribution in [0.15, 0.2) is 18.2 Å². The van der Waals surface area contributed by atoms with E-state index in [1.54, 1.807) is 12.1 Å². The van der Waals surface area contributed by atoms with Crippen LogP contribution in [0.4, 0.5) is 0 Å². The summed E-state index contributed by atoms with van der Waals surface area (Å²) in [7, 11) is 1.46. The van der Waals surface area contributed by atoms with Crippen molar-refractivity contribution in [3.63, 3.8) is 0 Å². The molecule has 0 spiro atoms. The molecule has 110 valence electrons. The van der Waals surface area contributed by atoms with Gasteiger partial charge in [-0.3, -0.25) is 4.90 Å². The van der Waals surface area contributed by atoms with Gasteiger partial charge in [0, 0.05) is 6.54 Å². The average molecular weight is 279 g/mol.